The molecule has 0 aromatic heterocycles. The van der Waals surface area contributed by atoms with Crippen molar-refractivity contribution in [1.29, 1.82) is 0 Å². The van der Waals surface area contributed by atoms with E-state index in [1.165, 1.54) is 17.2 Å². The largest absolute Gasteiger partial charge is 0.493 e. The summed E-state index contributed by atoms with van der Waals surface area (Å²) in [6.07, 6.45) is -3.37. The van der Waals surface area contributed by atoms with Crippen LogP contribution < -0.4 is 10.1 Å². The quantitative estimate of drug-likeness (QED) is 0.323. The third kappa shape index (κ3) is 9.41. The Bertz CT molecular complexity index is 1160. The van der Waals surface area contributed by atoms with Crippen molar-refractivity contribution in [3.8, 4) is 5.75 Å². The molecule has 1 fully saturated rings. The number of carbonyl (C=O) groups is 1. The van der Waals surface area contributed by atoms with E-state index in [1.807, 2.05) is 26.0 Å². The van der Waals surface area contributed by atoms with E-state index in [-0.39, 0.29) is 38.4 Å². The average molecular weight is 566 g/mol. The van der Waals surface area contributed by atoms with Gasteiger partial charge in [0.15, 0.2) is 5.79 Å². The SMILES string of the molecule is Cc1ccc(CCCOc2ccc(CCC3(NC(=O)OC(C)(C)C)COC(C)(C)OC3)cc2C(F)(F)F)cc1C. The van der Waals surface area contributed by atoms with Crippen molar-refractivity contribution in [1.82, 2.24) is 5.32 Å². The molecular weight excluding hydrogens is 523 g/mol. The maximum atomic E-state index is 14.0. The van der Waals surface area contributed by atoms with E-state index in [2.05, 4.69) is 11.4 Å². The molecule has 2 aromatic rings. The number of benzene rings is 2. The monoisotopic (exact) mass is 565 g/mol. The molecule has 6 nitrogen and oxygen atoms in total. The minimum Gasteiger partial charge on any atom is -0.493 e. The summed E-state index contributed by atoms with van der Waals surface area (Å²) in [5.41, 5.74) is 1.50. The lowest BCUT2D eigenvalue weighted by atomic mass is 9.91. The minimum atomic E-state index is -4.58. The Morgan fingerprint density at radius 2 is 1.57 bits per heavy atom. The summed E-state index contributed by atoms with van der Waals surface area (Å²) in [5.74, 6) is -1.02. The summed E-state index contributed by atoms with van der Waals surface area (Å²) < 4.78 is 64.5. The summed E-state index contributed by atoms with van der Waals surface area (Å²) >= 11 is 0. The number of carbonyl (C=O) groups excluding carboxylic acids is 1. The van der Waals surface area contributed by atoms with Gasteiger partial charge in [-0.3, -0.25) is 0 Å². The topological polar surface area (TPSA) is 66.0 Å². The standard InChI is InChI=1S/C31H42F3NO5/c1-21-10-11-23(17-22(21)2)9-8-16-37-26-13-12-24(18-25(26)31(32,33)34)14-15-30(19-38-29(6,7)39-20-30)35-27(36)40-28(3,4)5/h10-13,17-18H,8-9,14-16,19-20H2,1-7H3,(H,35,36). The van der Waals surface area contributed by atoms with Gasteiger partial charge in [-0.05, 0) is 109 Å². The van der Waals surface area contributed by atoms with Gasteiger partial charge < -0.3 is 24.3 Å². The summed E-state index contributed by atoms with van der Waals surface area (Å²) in [5, 5.41) is 2.85. The second-order valence-corrected chi connectivity index (χ2v) is 12.1. The number of amides is 1. The molecule has 0 saturated carbocycles. The number of ether oxygens (including phenoxy) is 4. The van der Waals surface area contributed by atoms with Crippen molar-refractivity contribution in [2.24, 2.45) is 0 Å². The predicted octanol–water partition coefficient (Wildman–Crippen LogP) is 7.31. The molecular formula is C31H42F3NO5. The van der Waals surface area contributed by atoms with Crippen molar-refractivity contribution >= 4 is 6.09 Å². The van der Waals surface area contributed by atoms with E-state index in [0.29, 0.717) is 18.4 Å². The van der Waals surface area contributed by atoms with E-state index in [0.717, 1.165) is 11.6 Å². The van der Waals surface area contributed by atoms with Gasteiger partial charge in [0.2, 0.25) is 0 Å². The molecule has 0 atom stereocenters. The number of hydrogen-bond acceptors (Lipinski definition) is 5. The first kappa shape index (κ1) is 31.7. The number of hydrogen-bond donors (Lipinski definition) is 1. The van der Waals surface area contributed by atoms with Gasteiger partial charge in [-0.15, -0.1) is 0 Å². The van der Waals surface area contributed by atoms with E-state index < -0.39 is 34.8 Å². The smallest absolute Gasteiger partial charge is 0.419 e. The van der Waals surface area contributed by atoms with Crippen molar-refractivity contribution in [3.63, 3.8) is 0 Å². The summed E-state index contributed by atoms with van der Waals surface area (Å²) in [6.45, 7) is 13.3. The van der Waals surface area contributed by atoms with Crippen LogP contribution in [0, 0.1) is 13.8 Å². The predicted molar refractivity (Wildman–Crippen MR) is 148 cm³/mol. The second-order valence-electron chi connectivity index (χ2n) is 12.1. The average Bonchev–Trinajstić information content (AvgIpc) is 2.83. The number of aryl methyl sites for hydroxylation is 4. The third-order valence-electron chi connectivity index (χ3n) is 6.84. The van der Waals surface area contributed by atoms with Gasteiger partial charge in [0, 0.05) is 0 Å². The van der Waals surface area contributed by atoms with Gasteiger partial charge in [-0.2, -0.15) is 13.2 Å². The number of nitrogens with one attached hydrogen (secondary N) is 1. The van der Waals surface area contributed by atoms with Crippen LogP contribution in [-0.2, 0) is 33.2 Å². The number of halogens is 3. The van der Waals surface area contributed by atoms with Gasteiger partial charge in [0.1, 0.15) is 11.4 Å². The van der Waals surface area contributed by atoms with Crippen LogP contribution in [0.25, 0.3) is 0 Å². The zero-order valence-corrected chi connectivity index (χ0v) is 24.6. The first-order chi connectivity index (χ1) is 18.5. The summed E-state index contributed by atoms with van der Waals surface area (Å²) in [7, 11) is 0. The van der Waals surface area contributed by atoms with Crippen molar-refractivity contribution < 1.29 is 36.9 Å². The maximum Gasteiger partial charge on any atom is 0.419 e. The lowest BCUT2D eigenvalue weighted by Crippen LogP contribution is -2.61. The molecule has 2 aromatic carbocycles. The molecule has 0 aliphatic carbocycles. The highest BCUT2D eigenvalue weighted by Gasteiger charge is 2.42. The van der Waals surface area contributed by atoms with Crippen molar-refractivity contribution in [3.05, 3.63) is 64.2 Å². The zero-order valence-electron chi connectivity index (χ0n) is 24.6. The number of alkyl carbamates (subject to hydrolysis) is 1. The molecule has 9 heteroatoms. The first-order valence-electron chi connectivity index (χ1n) is 13.7. The maximum absolute atomic E-state index is 14.0. The zero-order chi connectivity index (χ0) is 29.8. The Hall–Kier alpha value is -2.78. The fourth-order valence-corrected chi connectivity index (χ4v) is 4.39. The van der Waals surface area contributed by atoms with Crippen LogP contribution in [0.2, 0.25) is 0 Å². The van der Waals surface area contributed by atoms with E-state index in [1.54, 1.807) is 40.7 Å². The minimum absolute atomic E-state index is 0.132. The normalized spacial score (nSPS) is 16.9. The fraction of sp³-hybridized carbons (Fsp3) is 0.581. The van der Waals surface area contributed by atoms with Gasteiger partial charge in [0.05, 0.1) is 30.9 Å². The Balaban J connectivity index is 1.68. The molecule has 1 aliphatic heterocycles. The molecule has 1 amide bonds. The highest BCUT2D eigenvalue weighted by molar-refractivity contribution is 5.69. The molecule has 40 heavy (non-hydrogen) atoms. The Kier molecular flexibility index (Phi) is 9.83. The highest BCUT2D eigenvalue weighted by Crippen LogP contribution is 2.38. The van der Waals surface area contributed by atoms with Gasteiger partial charge in [-0.25, -0.2) is 4.79 Å². The molecule has 0 radical (unpaired) electrons. The Morgan fingerprint density at radius 1 is 0.950 bits per heavy atom. The molecule has 1 heterocycles. The van der Waals surface area contributed by atoms with E-state index >= 15 is 0 Å². The van der Waals surface area contributed by atoms with Gasteiger partial charge in [-0.1, -0.05) is 24.3 Å². The molecule has 222 valence electrons. The lowest BCUT2D eigenvalue weighted by Gasteiger charge is -2.44. The van der Waals surface area contributed by atoms with Crippen LogP contribution in [0.15, 0.2) is 36.4 Å². The molecule has 0 spiro atoms. The molecule has 1 aliphatic rings. The Labute approximate surface area is 235 Å². The van der Waals surface area contributed by atoms with Crippen LogP contribution in [0.4, 0.5) is 18.0 Å². The number of rotatable bonds is 9. The third-order valence-corrected chi connectivity index (χ3v) is 6.84. The second kappa shape index (κ2) is 12.4. The van der Waals surface area contributed by atoms with Crippen LogP contribution in [-0.4, -0.2) is 42.8 Å². The lowest BCUT2D eigenvalue weighted by molar-refractivity contribution is -0.271. The molecule has 1 N–H and O–H groups in total. The van der Waals surface area contributed by atoms with Gasteiger partial charge in [0.25, 0.3) is 0 Å². The van der Waals surface area contributed by atoms with Gasteiger partial charge >= 0.3 is 12.3 Å². The molecule has 3 rings (SSSR count). The first-order valence-corrected chi connectivity index (χ1v) is 13.7. The van der Waals surface area contributed by atoms with E-state index in [9.17, 15) is 18.0 Å². The summed E-state index contributed by atoms with van der Waals surface area (Å²) in [6, 6.07) is 10.3. The van der Waals surface area contributed by atoms with Crippen LogP contribution in [0.5, 0.6) is 5.75 Å². The highest BCUT2D eigenvalue weighted by atomic mass is 19.4. The van der Waals surface area contributed by atoms with Crippen LogP contribution in [0.1, 0.15) is 75.3 Å². The van der Waals surface area contributed by atoms with Crippen molar-refractivity contribution in [2.45, 2.75) is 97.3 Å². The summed E-state index contributed by atoms with van der Waals surface area (Å²) in [4.78, 5) is 12.6. The fourth-order valence-electron chi connectivity index (χ4n) is 4.39. The van der Waals surface area contributed by atoms with Crippen LogP contribution >= 0.6 is 0 Å². The van der Waals surface area contributed by atoms with Crippen LogP contribution in [0.3, 0.4) is 0 Å². The Morgan fingerprint density at radius 3 is 2.17 bits per heavy atom. The van der Waals surface area contributed by atoms with Crippen molar-refractivity contribution in [2.75, 3.05) is 19.8 Å². The number of alkyl halides is 3. The molecule has 1 saturated heterocycles. The molecule has 0 bridgehead atoms. The van der Waals surface area contributed by atoms with E-state index in [4.69, 9.17) is 18.9 Å². The molecule has 0 unspecified atom stereocenters.